The van der Waals surface area contributed by atoms with Crippen LogP contribution in [0.25, 0.3) is 11.0 Å². The highest BCUT2D eigenvalue weighted by molar-refractivity contribution is 7.92. The Bertz CT molecular complexity index is 962. The van der Waals surface area contributed by atoms with E-state index in [0.717, 1.165) is 22.6 Å². The second-order valence-electron chi connectivity index (χ2n) is 5.89. The van der Waals surface area contributed by atoms with Crippen LogP contribution in [-0.2, 0) is 16.6 Å². The van der Waals surface area contributed by atoms with Crippen molar-refractivity contribution in [2.24, 2.45) is 0 Å². The van der Waals surface area contributed by atoms with Crippen molar-refractivity contribution in [3.8, 4) is 0 Å². The molecule has 24 heavy (non-hydrogen) atoms. The molecule has 2 heterocycles. The van der Waals surface area contributed by atoms with E-state index in [1.165, 1.54) is 12.3 Å². The SMILES string of the molecule is Cc1ccc(S(=O)(=O)Nc2ccc3nc(CN(C)C)[nH]c3c2)cn1. The van der Waals surface area contributed by atoms with Crippen molar-refractivity contribution in [1.29, 1.82) is 0 Å². The molecule has 3 rings (SSSR count). The Morgan fingerprint density at radius 2 is 2.00 bits per heavy atom. The molecule has 0 aliphatic carbocycles. The van der Waals surface area contributed by atoms with Gasteiger partial charge in [-0.3, -0.25) is 9.71 Å². The summed E-state index contributed by atoms with van der Waals surface area (Å²) in [6, 6.07) is 8.42. The molecule has 0 atom stereocenters. The summed E-state index contributed by atoms with van der Waals surface area (Å²) >= 11 is 0. The number of nitrogens with one attached hydrogen (secondary N) is 2. The number of benzene rings is 1. The van der Waals surface area contributed by atoms with Crippen LogP contribution in [0.3, 0.4) is 0 Å². The Labute approximate surface area is 140 Å². The predicted octanol–water partition coefficient (Wildman–Crippen LogP) is 2.13. The van der Waals surface area contributed by atoms with Crippen molar-refractivity contribution in [3.63, 3.8) is 0 Å². The van der Waals surface area contributed by atoms with Crippen LogP contribution >= 0.6 is 0 Å². The lowest BCUT2D eigenvalue weighted by molar-refractivity contribution is 0.392. The molecule has 8 heteroatoms. The van der Waals surface area contributed by atoms with Crippen molar-refractivity contribution in [1.82, 2.24) is 19.9 Å². The minimum absolute atomic E-state index is 0.131. The quantitative estimate of drug-likeness (QED) is 0.739. The molecule has 1 aromatic carbocycles. The Morgan fingerprint density at radius 1 is 1.21 bits per heavy atom. The fraction of sp³-hybridized carbons (Fsp3) is 0.250. The minimum atomic E-state index is -3.67. The third-order valence-corrected chi connectivity index (χ3v) is 4.81. The van der Waals surface area contributed by atoms with E-state index in [1.807, 2.05) is 19.0 Å². The van der Waals surface area contributed by atoms with Crippen molar-refractivity contribution >= 4 is 26.7 Å². The van der Waals surface area contributed by atoms with E-state index in [-0.39, 0.29) is 4.90 Å². The number of pyridine rings is 1. The molecular weight excluding hydrogens is 326 g/mol. The van der Waals surface area contributed by atoms with Crippen LogP contribution in [0.4, 0.5) is 5.69 Å². The molecule has 0 unspecified atom stereocenters. The molecule has 126 valence electrons. The number of aromatic amines is 1. The van der Waals surface area contributed by atoms with Crippen LogP contribution in [0.1, 0.15) is 11.5 Å². The number of aromatic nitrogens is 3. The maximum Gasteiger partial charge on any atom is 0.263 e. The van der Waals surface area contributed by atoms with Gasteiger partial charge < -0.3 is 9.88 Å². The molecule has 0 aliphatic heterocycles. The summed E-state index contributed by atoms with van der Waals surface area (Å²) in [5.41, 5.74) is 2.82. The monoisotopic (exact) mass is 345 g/mol. The van der Waals surface area contributed by atoms with Crippen molar-refractivity contribution in [3.05, 3.63) is 48.0 Å². The third-order valence-electron chi connectivity index (χ3n) is 3.44. The van der Waals surface area contributed by atoms with E-state index in [1.54, 1.807) is 31.2 Å². The number of fused-ring (bicyclic) bond motifs is 1. The minimum Gasteiger partial charge on any atom is -0.341 e. The number of H-pyrrole nitrogens is 1. The molecular formula is C16H19N5O2S. The Hall–Kier alpha value is -2.45. The van der Waals surface area contributed by atoms with Gasteiger partial charge in [-0.25, -0.2) is 13.4 Å². The summed E-state index contributed by atoms with van der Waals surface area (Å²) < 4.78 is 27.4. The first-order valence-corrected chi connectivity index (χ1v) is 8.91. The van der Waals surface area contributed by atoms with E-state index in [9.17, 15) is 8.42 Å². The van der Waals surface area contributed by atoms with Crippen LogP contribution in [-0.4, -0.2) is 42.4 Å². The summed E-state index contributed by atoms with van der Waals surface area (Å²) in [5, 5.41) is 0. The molecule has 2 N–H and O–H groups in total. The van der Waals surface area contributed by atoms with Crippen molar-refractivity contribution < 1.29 is 8.42 Å². The zero-order valence-corrected chi connectivity index (χ0v) is 14.6. The van der Waals surface area contributed by atoms with Gasteiger partial charge in [0.25, 0.3) is 10.0 Å². The molecule has 0 spiro atoms. The van der Waals surface area contributed by atoms with E-state index in [4.69, 9.17) is 0 Å². The van der Waals surface area contributed by atoms with Gasteiger partial charge in [-0.2, -0.15) is 0 Å². The van der Waals surface area contributed by atoms with Gasteiger partial charge in [0.15, 0.2) is 0 Å². The fourth-order valence-corrected chi connectivity index (χ4v) is 3.32. The molecule has 3 aromatic rings. The molecule has 0 radical (unpaired) electrons. The number of aryl methyl sites for hydroxylation is 1. The van der Waals surface area contributed by atoms with Crippen LogP contribution < -0.4 is 4.72 Å². The van der Waals surface area contributed by atoms with E-state index in [2.05, 4.69) is 19.7 Å². The van der Waals surface area contributed by atoms with Gasteiger partial charge in [0.05, 0.1) is 23.3 Å². The fourth-order valence-electron chi connectivity index (χ4n) is 2.33. The highest BCUT2D eigenvalue weighted by Gasteiger charge is 2.15. The number of anilines is 1. The Kier molecular flexibility index (Phi) is 4.25. The van der Waals surface area contributed by atoms with E-state index < -0.39 is 10.0 Å². The maximum absolute atomic E-state index is 12.4. The molecule has 0 bridgehead atoms. The molecule has 0 fully saturated rings. The van der Waals surface area contributed by atoms with Gasteiger partial charge in [0.2, 0.25) is 0 Å². The molecule has 0 saturated carbocycles. The van der Waals surface area contributed by atoms with Gasteiger partial charge in [-0.05, 0) is 51.4 Å². The number of hydrogen-bond acceptors (Lipinski definition) is 5. The number of imidazole rings is 1. The standard InChI is InChI=1S/C16H19N5O2S/c1-11-4-6-13(9-17-11)24(22,23)20-12-5-7-14-15(8-12)19-16(18-14)10-21(2)3/h4-9,20H,10H2,1-3H3,(H,18,19). The van der Waals surface area contributed by atoms with Crippen LogP contribution in [0.5, 0.6) is 0 Å². The summed E-state index contributed by atoms with van der Waals surface area (Å²) in [7, 11) is 0.255. The van der Waals surface area contributed by atoms with Gasteiger partial charge in [-0.1, -0.05) is 0 Å². The zero-order chi connectivity index (χ0) is 17.3. The highest BCUT2D eigenvalue weighted by atomic mass is 32.2. The lowest BCUT2D eigenvalue weighted by Crippen LogP contribution is -2.13. The normalized spacial score (nSPS) is 12.0. The summed E-state index contributed by atoms with van der Waals surface area (Å²) in [5.74, 6) is 0.831. The Balaban J connectivity index is 1.88. The molecule has 0 amide bonds. The first-order chi connectivity index (χ1) is 11.3. The highest BCUT2D eigenvalue weighted by Crippen LogP contribution is 2.20. The summed E-state index contributed by atoms with van der Waals surface area (Å²) in [6.07, 6.45) is 1.35. The third kappa shape index (κ3) is 3.55. The van der Waals surface area contributed by atoms with Crippen LogP contribution in [0.2, 0.25) is 0 Å². The predicted molar refractivity (Wildman–Crippen MR) is 93.3 cm³/mol. The second-order valence-corrected chi connectivity index (χ2v) is 7.58. The molecule has 2 aromatic heterocycles. The molecule has 0 saturated heterocycles. The lowest BCUT2D eigenvalue weighted by Gasteiger charge is -2.08. The number of rotatable bonds is 5. The average molecular weight is 345 g/mol. The first kappa shape index (κ1) is 16.4. The zero-order valence-electron chi connectivity index (χ0n) is 13.7. The lowest BCUT2D eigenvalue weighted by atomic mass is 10.3. The van der Waals surface area contributed by atoms with Gasteiger partial charge in [-0.15, -0.1) is 0 Å². The largest absolute Gasteiger partial charge is 0.341 e. The smallest absolute Gasteiger partial charge is 0.263 e. The summed E-state index contributed by atoms with van der Waals surface area (Å²) in [4.78, 5) is 13.8. The van der Waals surface area contributed by atoms with Crippen molar-refractivity contribution in [2.45, 2.75) is 18.4 Å². The summed E-state index contributed by atoms with van der Waals surface area (Å²) in [6.45, 7) is 2.49. The maximum atomic E-state index is 12.4. The van der Waals surface area contributed by atoms with Gasteiger partial charge in [0, 0.05) is 11.9 Å². The van der Waals surface area contributed by atoms with Crippen LogP contribution in [0.15, 0.2) is 41.4 Å². The Morgan fingerprint density at radius 3 is 2.67 bits per heavy atom. The second kappa shape index (κ2) is 6.21. The van der Waals surface area contributed by atoms with E-state index >= 15 is 0 Å². The molecule has 0 aliphatic rings. The topological polar surface area (TPSA) is 91.0 Å². The van der Waals surface area contributed by atoms with E-state index in [0.29, 0.717) is 12.2 Å². The number of hydrogen-bond donors (Lipinski definition) is 2. The van der Waals surface area contributed by atoms with Crippen LogP contribution in [0, 0.1) is 6.92 Å². The van der Waals surface area contributed by atoms with Crippen molar-refractivity contribution in [2.75, 3.05) is 18.8 Å². The number of sulfonamides is 1. The first-order valence-electron chi connectivity index (χ1n) is 7.42. The average Bonchev–Trinajstić information content (AvgIpc) is 2.87. The number of nitrogens with zero attached hydrogens (tertiary/aromatic N) is 3. The molecule has 7 nitrogen and oxygen atoms in total. The van der Waals surface area contributed by atoms with Gasteiger partial charge >= 0.3 is 0 Å². The van der Waals surface area contributed by atoms with Gasteiger partial charge in [0.1, 0.15) is 10.7 Å².